The zero-order chi connectivity index (χ0) is 26.0. The van der Waals surface area contributed by atoms with E-state index in [0.29, 0.717) is 34.5 Å². The molecule has 192 valence electrons. The Balaban J connectivity index is 1.14. The predicted molar refractivity (Wildman–Crippen MR) is 145 cm³/mol. The molecule has 2 fully saturated rings. The number of para-hydroxylation sites is 2. The Bertz CT molecular complexity index is 1160. The van der Waals surface area contributed by atoms with Crippen LogP contribution in [0.3, 0.4) is 0 Å². The molecule has 2 aliphatic heterocycles. The molecular weight excluding hydrogens is 512 g/mol. The van der Waals surface area contributed by atoms with Gasteiger partial charge in [0.2, 0.25) is 0 Å². The molecule has 2 saturated heterocycles. The lowest BCUT2D eigenvalue weighted by molar-refractivity contribution is -0.116. The van der Waals surface area contributed by atoms with E-state index in [4.69, 9.17) is 9.47 Å². The highest BCUT2D eigenvalue weighted by Gasteiger charge is 2.26. The van der Waals surface area contributed by atoms with Crippen LogP contribution in [0.15, 0.2) is 58.3 Å². The lowest BCUT2D eigenvalue weighted by atomic mass is 10.1. The number of nitrogens with one attached hydrogen (secondary N) is 2. The summed E-state index contributed by atoms with van der Waals surface area (Å²) in [7, 11) is 0. The van der Waals surface area contributed by atoms with Crippen molar-refractivity contribution in [1.29, 1.82) is 0 Å². The van der Waals surface area contributed by atoms with Crippen LogP contribution in [0.1, 0.15) is 43.2 Å². The Labute approximate surface area is 223 Å². The molecule has 2 aromatic rings. The molecule has 2 aliphatic rings. The minimum absolute atomic E-state index is 0.362. The normalized spacial score (nSPS) is 17.4. The second-order valence-electron chi connectivity index (χ2n) is 8.24. The van der Waals surface area contributed by atoms with Gasteiger partial charge in [0.15, 0.2) is 0 Å². The first-order chi connectivity index (χ1) is 18.0. The van der Waals surface area contributed by atoms with Crippen molar-refractivity contribution in [3.05, 3.63) is 69.5 Å². The van der Waals surface area contributed by atoms with E-state index in [-0.39, 0.29) is 22.3 Å². The van der Waals surface area contributed by atoms with Gasteiger partial charge in [0.1, 0.15) is 11.5 Å². The van der Waals surface area contributed by atoms with Crippen LogP contribution in [0.2, 0.25) is 0 Å². The van der Waals surface area contributed by atoms with Crippen molar-refractivity contribution in [3.63, 3.8) is 0 Å². The molecule has 0 radical (unpaired) electrons. The van der Waals surface area contributed by atoms with Gasteiger partial charge in [0, 0.05) is 11.1 Å². The summed E-state index contributed by atoms with van der Waals surface area (Å²) in [5, 5.41) is 3.78. The fourth-order valence-corrected chi connectivity index (χ4v) is 5.03. The lowest BCUT2D eigenvalue weighted by Crippen LogP contribution is -2.17. The quantitative estimate of drug-likeness (QED) is 0.260. The number of imide groups is 2. The molecule has 0 aliphatic carbocycles. The Hall–Kier alpha value is -3.50. The van der Waals surface area contributed by atoms with Crippen LogP contribution >= 0.6 is 23.5 Å². The van der Waals surface area contributed by atoms with Crippen LogP contribution in [0.5, 0.6) is 11.5 Å². The van der Waals surface area contributed by atoms with E-state index in [9.17, 15) is 19.2 Å². The molecule has 10 heteroatoms. The molecule has 0 atom stereocenters. The predicted octanol–water partition coefficient (Wildman–Crippen LogP) is 5.74. The number of thioether (sulfide) groups is 2. The smallest absolute Gasteiger partial charge is 0.290 e. The van der Waals surface area contributed by atoms with E-state index < -0.39 is 0 Å². The summed E-state index contributed by atoms with van der Waals surface area (Å²) < 4.78 is 11.9. The van der Waals surface area contributed by atoms with Crippen molar-refractivity contribution < 1.29 is 28.7 Å². The molecule has 2 heterocycles. The lowest BCUT2D eigenvalue weighted by Gasteiger charge is -2.10. The summed E-state index contributed by atoms with van der Waals surface area (Å²) in [5.41, 5.74) is 1.53. The zero-order valence-corrected chi connectivity index (χ0v) is 21.6. The van der Waals surface area contributed by atoms with Crippen LogP contribution in [-0.4, -0.2) is 35.5 Å². The Morgan fingerprint density at radius 1 is 0.595 bits per heavy atom. The number of carbonyl (C=O) groups excluding carboxylic acids is 4. The topological polar surface area (TPSA) is 111 Å². The molecule has 4 amide bonds. The maximum atomic E-state index is 11.8. The SMILES string of the molecule is O=C1NC(=O)/C(=C\c2ccccc2OCCCCCCCOc2ccccc2/C=C2/SC(=O)NC2=O)S1. The highest BCUT2D eigenvalue weighted by molar-refractivity contribution is 8.18. The van der Waals surface area contributed by atoms with E-state index in [1.165, 1.54) is 0 Å². The van der Waals surface area contributed by atoms with Gasteiger partial charge in [-0.25, -0.2) is 0 Å². The van der Waals surface area contributed by atoms with Gasteiger partial charge >= 0.3 is 0 Å². The van der Waals surface area contributed by atoms with Crippen LogP contribution in [0, 0.1) is 0 Å². The standard InChI is InChI=1S/C27H26N2O6S2/c30-24-22(36-26(32)28-24)16-18-10-4-6-12-20(18)34-14-8-2-1-3-9-15-35-21-13-7-5-11-19(21)17-23-25(31)29-27(33)37-23/h4-7,10-13,16-17H,1-3,8-9,14-15H2,(H,28,30,32)(H,29,31,33)/b22-16+,23-17+. The van der Waals surface area contributed by atoms with Gasteiger partial charge in [0.25, 0.3) is 22.3 Å². The van der Waals surface area contributed by atoms with Gasteiger partial charge in [-0.05, 0) is 60.7 Å². The number of carbonyl (C=O) groups is 4. The third-order valence-electron chi connectivity index (χ3n) is 5.50. The first-order valence-electron chi connectivity index (χ1n) is 11.9. The molecule has 0 unspecified atom stereocenters. The van der Waals surface area contributed by atoms with Gasteiger partial charge < -0.3 is 9.47 Å². The molecule has 37 heavy (non-hydrogen) atoms. The molecule has 0 aromatic heterocycles. The van der Waals surface area contributed by atoms with Crippen molar-refractivity contribution in [2.45, 2.75) is 32.1 Å². The van der Waals surface area contributed by atoms with Gasteiger partial charge in [-0.15, -0.1) is 0 Å². The molecule has 4 rings (SSSR count). The Morgan fingerprint density at radius 2 is 1.00 bits per heavy atom. The summed E-state index contributed by atoms with van der Waals surface area (Å²) >= 11 is 1.78. The van der Waals surface area contributed by atoms with Crippen molar-refractivity contribution in [2.75, 3.05) is 13.2 Å². The second kappa shape index (κ2) is 13.2. The Kier molecular flexibility index (Phi) is 9.45. The largest absolute Gasteiger partial charge is 0.493 e. The fourth-order valence-electron chi connectivity index (χ4n) is 3.69. The van der Waals surface area contributed by atoms with E-state index >= 15 is 0 Å². The van der Waals surface area contributed by atoms with Crippen LogP contribution < -0.4 is 20.1 Å². The molecule has 0 spiro atoms. The third-order valence-corrected chi connectivity index (χ3v) is 7.12. The van der Waals surface area contributed by atoms with E-state index in [1.807, 2.05) is 48.5 Å². The summed E-state index contributed by atoms with van der Waals surface area (Å²) in [5.74, 6) is 0.599. The number of benzene rings is 2. The highest BCUT2D eigenvalue weighted by atomic mass is 32.2. The first kappa shape index (κ1) is 26.6. The maximum absolute atomic E-state index is 11.8. The Morgan fingerprint density at radius 3 is 1.41 bits per heavy atom. The number of hydrogen-bond acceptors (Lipinski definition) is 8. The second-order valence-corrected chi connectivity index (χ2v) is 10.3. The molecule has 2 aromatic carbocycles. The molecule has 0 bridgehead atoms. The average molecular weight is 539 g/mol. The van der Waals surface area contributed by atoms with Crippen molar-refractivity contribution in [3.8, 4) is 11.5 Å². The third kappa shape index (κ3) is 7.74. The van der Waals surface area contributed by atoms with Crippen LogP contribution in [0.4, 0.5) is 9.59 Å². The molecule has 2 N–H and O–H groups in total. The number of unbranched alkanes of at least 4 members (excludes halogenated alkanes) is 4. The molecular formula is C27H26N2O6S2. The summed E-state index contributed by atoms with van der Waals surface area (Å²) in [6.45, 7) is 1.12. The van der Waals surface area contributed by atoms with Crippen LogP contribution in [-0.2, 0) is 9.59 Å². The van der Waals surface area contributed by atoms with E-state index in [0.717, 1.165) is 66.8 Å². The average Bonchev–Trinajstić information content (AvgIpc) is 3.37. The zero-order valence-electron chi connectivity index (χ0n) is 20.0. The van der Waals surface area contributed by atoms with Gasteiger partial charge in [-0.1, -0.05) is 55.7 Å². The number of hydrogen-bond donors (Lipinski definition) is 2. The number of ether oxygens (including phenoxy) is 2. The van der Waals surface area contributed by atoms with E-state index in [1.54, 1.807) is 12.2 Å². The van der Waals surface area contributed by atoms with Gasteiger partial charge in [-0.2, -0.15) is 0 Å². The van der Waals surface area contributed by atoms with Crippen molar-refractivity contribution in [2.24, 2.45) is 0 Å². The van der Waals surface area contributed by atoms with Gasteiger partial charge in [-0.3, -0.25) is 29.8 Å². The monoisotopic (exact) mass is 538 g/mol. The minimum atomic E-state index is -0.383. The minimum Gasteiger partial charge on any atom is -0.493 e. The molecule has 8 nitrogen and oxygen atoms in total. The summed E-state index contributed by atoms with van der Waals surface area (Å²) in [4.78, 5) is 47.1. The fraction of sp³-hybridized carbons (Fsp3) is 0.259. The van der Waals surface area contributed by atoms with Crippen molar-refractivity contribution in [1.82, 2.24) is 10.6 Å². The van der Waals surface area contributed by atoms with Gasteiger partial charge in [0.05, 0.1) is 23.0 Å². The number of amides is 4. The summed E-state index contributed by atoms with van der Waals surface area (Å²) in [6, 6.07) is 14.9. The van der Waals surface area contributed by atoms with Crippen molar-refractivity contribution >= 4 is 58.0 Å². The first-order valence-corrected chi connectivity index (χ1v) is 13.6. The van der Waals surface area contributed by atoms with Crippen LogP contribution in [0.25, 0.3) is 12.2 Å². The highest BCUT2D eigenvalue weighted by Crippen LogP contribution is 2.30. The number of rotatable bonds is 12. The molecule has 0 saturated carbocycles. The van der Waals surface area contributed by atoms with E-state index in [2.05, 4.69) is 10.6 Å². The summed E-state index contributed by atoms with van der Waals surface area (Å²) in [6.07, 6.45) is 8.22. The maximum Gasteiger partial charge on any atom is 0.290 e.